The van der Waals surface area contributed by atoms with Crippen molar-refractivity contribution in [2.24, 2.45) is 12.1 Å². The van der Waals surface area contributed by atoms with E-state index in [4.69, 9.17) is 11.6 Å². The zero-order chi connectivity index (χ0) is 14.7. The Kier molecular flexibility index (Phi) is 4.57. The van der Waals surface area contributed by atoms with Gasteiger partial charge >= 0.3 is 0 Å². The van der Waals surface area contributed by atoms with E-state index in [1.807, 2.05) is 19.1 Å². The lowest BCUT2D eigenvalue weighted by molar-refractivity contribution is 0.0944. The van der Waals surface area contributed by atoms with E-state index in [1.54, 1.807) is 25.4 Å². The quantitative estimate of drug-likeness (QED) is 0.679. The fourth-order valence-corrected chi connectivity index (χ4v) is 2.26. The standard InChI is InChI=1S/C13H12BrClN4O/c1-8(9-3-5-10(15)6-4-9)17-18-13(20)12-11(14)7-16-19(12)2/h3-7H,1-2H3,(H,18,20). The van der Waals surface area contributed by atoms with Crippen LogP contribution in [0.4, 0.5) is 0 Å². The molecule has 1 amide bonds. The predicted molar refractivity (Wildman–Crippen MR) is 82.0 cm³/mol. The van der Waals surface area contributed by atoms with E-state index >= 15 is 0 Å². The summed E-state index contributed by atoms with van der Waals surface area (Å²) in [7, 11) is 1.69. The molecular formula is C13H12BrClN4O. The molecule has 0 aliphatic carbocycles. The average molecular weight is 356 g/mol. The molecule has 2 rings (SSSR count). The van der Waals surface area contributed by atoms with E-state index in [0.717, 1.165) is 5.56 Å². The normalized spacial score (nSPS) is 11.5. The Morgan fingerprint density at radius 1 is 1.40 bits per heavy atom. The minimum absolute atomic E-state index is 0.329. The van der Waals surface area contributed by atoms with Crippen molar-refractivity contribution in [3.8, 4) is 0 Å². The van der Waals surface area contributed by atoms with E-state index in [2.05, 4.69) is 31.6 Å². The summed E-state index contributed by atoms with van der Waals surface area (Å²) in [6, 6.07) is 7.23. The number of amides is 1. The molecule has 0 radical (unpaired) electrons. The van der Waals surface area contributed by atoms with E-state index in [-0.39, 0.29) is 5.91 Å². The van der Waals surface area contributed by atoms with Crippen molar-refractivity contribution in [2.45, 2.75) is 6.92 Å². The molecule has 0 spiro atoms. The number of aryl methyl sites for hydroxylation is 1. The summed E-state index contributed by atoms with van der Waals surface area (Å²) >= 11 is 9.09. The number of carbonyl (C=O) groups is 1. The van der Waals surface area contributed by atoms with Crippen LogP contribution in [0, 0.1) is 0 Å². The molecule has 20 heavy (non-hydrogen) atoms. The number of nitrogens with one attached hydrogen (secondary N) is 1. The minimum atomic E-state index is -0.329. The number of benzene rings is 1. The molecule has 0 unspecified atom stereocenters. The maximum Gasteiger partial charge on any atom is 0.290 e. The van der Waals surface area contributed by atoms with Gasteiger partial charge in [-0.2, -0.15) is 10.2 Å². The van der Waals surface area contributed by atoms with E-state index in [0.29, 0.717) is 20.9 Å². The van der Waals surface area contributed by atoms with Crippen LogP contribution in [0.25, 0.3) is 0 Å². The zero-order valence-electron chi connectivity index (χ0n) is 10.9. The first-order chi connectivity index (χ1) is 9.49. The van der Waals surface area contributed by atoms with Crippen molar-refractivity contribution in [2.75, 3.05) is 0 Å². The van der Waals surface area contributed by atoms with Crippen LogP contribution in [0.1, 0.15) is 23.0 Å². The summed E-state index contributed by atoms with van der Waals surface area (Å²) in [5.41, 5.74) is 4.50. The van der Waals surface area contributed by atoms with Crippen LogP contribution in [0.5, 0.6) is 0 Å². The second-order valence-corrected chi connectivity index (χ2v) is 5.40. The van der Waals surface area contributed by atoms with Gasteiger partial charge in [0.25, 0.3) is 5.91 Å². The Morgan fingerprint density at radius 3 is 2.60 bits per heavy atom. The third-order valence-corrected chi connectivity index (χ3v) is 3.53. The third-order valence-electron chi connectivity index (χ3n) is 2.70. The molecule has 104 valence electrons. The lowest BCUT2D eigenvalue weighted by Crippen LogP contribution is -2.22. The number of aromatic nitrogens is 2. The van der Waals surface area contributed by atoms with E-state index < -0.39 is 0 Å². The molecule has 0 saturated heterocycles. The highest BCUT2D eigenvalue weighted by molar-refractivity contribution is 9.10. The van der Waals surface area contributed by atoms with Crippen LogP contribution in [-0.2, 0) is 7.05 Å². The van der Waals surface area contributed by atoms with Crippen LogP contribution in [0.15, 0.2) is 40.0 Å². The number of hydrazone groups is 1. The molecule has 1 heterocycles. The smallest absolute Gasteiger partial charge is 0.266 e. The van der Waals surface area contributed by atoms with Crippen LogP contribution < -0.4 is 5.43 Å². The van der Waals surface area contributed by atoms with Gasteiger partial charge in [0.2, 0.25) is 0 Å². The molecule has 7 heteroatoms. The van der Waals surface area contributed by atoms with Gasteiger partial charge in [0.15, 0.2) is 0 Å². The van der Waals surface area contributed by atoms with Crippen molar-refractivity contribution >= 4 is 39.1 Å². The second kappa shape index (κ2) is 6.19. The molecule has 0 saturated carbocycles. The molecule has 2 aromatic rings. The molecule has 1 aromatic heterocycles. The van der Waals surface area contributed by atoms with Gasteiger partial charge in [0.05, 0.1) is 16.4 Å². The minimum Gasteiger partial charge on any atom is -0.266 e. The number of halogens is 2. The lowest BCUT2D eigenvalue weighted by Gasteiger charge is -2.04. The molecule has 0 fully saturated rings. The summed E-state index contributed by atoms with van der Waals surface area (Å²) in [5.74, 6) is -0.329. The Hall–Kier alpha value is -1.66. The summed E-state index contributed by atoms with van der Waals surface area (Å²) < 4.78 is 2.10. The topological polar surface area (TPSA) is 59.3 Å². The number of hydrogen-bond acceptors (Lipinski definition) is 3. The molecule has 1 aromatic carbocycles. The Morgan fingerprint density at radius 2 is 2.05 bits per heavy atom. The molecule has 1 N–H and O–H groups in total. The Balaban J connectivity index is 2.13. The lowest BCUT2D eigenvalue weighted by atomic mass is 10.1. The van der Waals surface area contributed by atoms with Gasteiger partial charge < -0.3 is 0 Å². The van der Waals surface area contributed by atoms with Crippen LogP contribution in [0.3, 0.4) is 0 Å². The van der Waals surface area contributed by atoms with E-state index in [1.165, 1.54) is 4.68 Å². The van der Waals surface area contributed by atoms with Gasteiger partial charge in [0, 0.05) is 12.1 Å². The van der Waals surface area contributed by atoms with Crippen molar-refractivity contribution in [3.05, 3.63) is 51.2 Å². The molecule has 0 aliphatic heterocycles. The van der Waals surface area contributed by atoms with Crippen LogP contribution in [-0.4, -0.2) is 21.4 Å². The highest BCUT2D eigenvalue weighted by Crippen LogP contribution is 2.14. The average Bonchev–Trinajstić information content (AvgIpc) is 2.76. The fourth-order valence-electron chi connectivity index (χ4n) is 1.61. The second-order valence-electron chi connectivity index (χ2n) is 4.11. The molecule has 0 atom stereocenters. The summed E-state index contributed by atoms with van der Waals surface area (Å²) in [5, 5.41) is 8.71. The highest BCUT2D eigenvalue weighted by atomic mass is 79.9. The van der Waals surface area contributed by atoms with Crippen LogP contribution in [0.2, 0.25) is 5.02 Å². The first-order valence-corrected chi connectivity index (χ1v) is 6.94. The van der Waals surface area contributed by atoms with E-state index in [9.17, 15) is 4.79 Å². The molecule has 0 bridgehead atoms. The van der Waals surface area contributed by atoms with Crippen molar-refractivity contribution in [1.29, 1.82) is 0 Å². The maximum absolute atomic E-state index is 12.0. The SMILES string of the molecule is CC(=NNC(=O)c1c(Br)cnn1C)c1ccc(Cl)cc1. The monoisotopic (exact) mass is 354 g/mol. The van der Waals surface area contributed by atoms with Gasteiger partial charge in [-0.05, 0) is 40.5 Å². The van der Waals surface area contributed by atoms with Gasteiger partial charge in [-0.15, -0.1) is 0 Å². The first-order valence-electron chi connectivity index (χ1n) is 5.77. The van der Waals surface area contributed by atoms with Gasteiger partial charge in [-0.1, -0.05) is 23.7 Å². The third kappa shape index (κ3) is 3.26. The van der Waals surface area contributed by atoms with Crippen molar-refractivity contribution in [1.82, 2.24) is 15.2 Å². The first kappa shape index (κ1) is 14.7. The molecule has 0 aliphatic rings. The maximum atomic E-state index is 12.0. The fraction of sp³-hybridized carbons (Fsp3) is 0.154. The van der Waals surface area contributed by atoms with Crippen molar-refractivity contribution < 1.29 is 4.79 Å². The number of hydrogen-bond donors (Lipinski definition) is 1. The van der Waals surface area contributed by atoms with Gasteiger partial charge in [-0.3, -0.25) is 9.48 Å². The Labute approximate surface area is 129 Å². The summed E-state index contributed by atoms with van der Waals surface area (Å²) in [6.07, 6.45) is 1.56. The largest absolute Gasteiger partial charge is 0.290 e. The summed E-state index contributed by atoms with van der Waals surface area (Å²) in [6.45, 7) is 1.81. The molecular weight excluding hydrogens is 344 g/mol. The predicted octanol–water partition coefficient (Wildman–Crippen LogP) is 2.99. The van der Waals surface area contributed by atoms with Gasteiger partial charge in [-0.25, -0.2) is 5.43 Å². The van der Waals surface area contributed by atoms with Crippen molar-refractivity contribution in [3.63, 3.8) is 0 Å². The number of nitrogens with zero attached hydrogens (tertiary/aromatic N) is 3. The zero-order valence-corrected chi connectivity index (χ0v) is 13.2. The number of rotatable bonds is 3. The molecule has 5 nitrogen and oxygen atoms in total. The number of carbonyl (C=O) groups excluding carboxylic acids is 1. The summed E-state index contributed by atoms with van der Waals surface area (Å²) in [4.78, 5) is 12.0. The van der Waals surface area contributed by atoms with Crippen LogP contribution >= 0.6 is 27.5 Å². The Bertz CT molecular complexity index is 644. The van der Waals surface area contributed by atoms with Gasteiger partial charge in [0.1, 0.15) is 5.69 Å². The highest BCUT2D eigenvalue weighted by Gasteiger charge is 2.14.